The monoisotopic (exact) mass is 82.1 g/mol. The molecule has 33 valence electrons. The van der Waals surface area contributed by atoms with Crippen LogP contribution in [0.25, 0.3) is 0 Å². The second-order valence-corrected chi connectivity index (χ2v) is 2.39. The van der Waals surface area contributed by atoms with Gasteiger partial charge < -0.3 is 0 Å². The van der Waals surface area contributed by atoms with E-state index in [1.165, 1.54) is 25.8 Å². The molecule has 0 aromatic rings. The summed E-state index contributed by atoms with van der Waals surface area (Å²) in [6.45, 7) is 1.19. The Morgan fingerprint density at radius 2 is 2.00 bits per heavy atom. The first kappa shape index (κ1) is 3.03. The standard InChI is InChI=1S/C5H8N/c1-2-5(3-1)4-6-5/h1-4H2. The van der Waals surface area contributed by atoms with Gasteiger partial charge in [0, 0.05) is 12.1 Å². The molecular formula is C5H8N. The van der Waals surface area contributed by atoms with E-state index in [-0.39, 0.29) is 0 Å². The minimum absolute atomic E-state index is 0.597. The van der Waals surface area contributed by atoms with Crippen LogP contribution in [0.4, 0.5) is 0 Å². The molecule has 1 heteroatoms. The molecule has 1 aliphatic carbocycles. The van der Waals surface area contributed by atoms with Gasteiger partial charge in [-0.1, -0.05) is 0 Å². The highest BCUT2D eigenvalue weighted by molar-refractivity contribution is 5.08. The third-order valence-corrected chi connectivity index (χ3v) is 1.89. The second-order valence-electron chi connectivity index (χ2n) is 2.39. The minimum Gasteiger partial charge on any atom is -0.232 e. The molecule has 1 aliphatic heterocycles. The molecule has 0 aromatic carbocycles. The van der Waals surface area contributed by atoms with Crippen LogP contribution in [0.3, 0.4) is 0 Å². The van der Waals surface area contributed by atoms with E-state index in [4.69, 9.17) is 0 Å². The average molecular weight is 82.1 g/mol. The van der Waals surface area contributed by atoms with Crippen molar-refractivity contribution in [1.82, 2.24) is 5.32 Å². The maximum atomic E-state index is 4.24. The smallest absolute Gasteiger partial charge is 0.0498 e. The molecule has 2 fully saturated rings. The second kappa shape index (κ2) is 0.648. The highest BCUT2D eigenvalue weighted by atomic mass is 15.2. The molecular weight excluding hydrogens is 74.1 g/mol. The Hall–Kier alpha value is -0.0400. The normalized spacial score (nSPS) is 36.0. The van der Waals surface area contributed by atoms with E-state index in [0.29, 0.717) is 5.54 Å². The van der Waals surface area contributed by atoms with Crippen LogP contribution in [0.2, 0.25) is 0 Å². The fourth-order valence-corrected chi connectivity index (χ4v) is 1.01. The topological polar surface area (TPSA) is 14.1 Å². The summed E-state index contributed by atoms with van der Waals surface area (Å²) in [7, 11) is 0. The average Bonchev–Trinajstić information content (AvgIpc) is 2.02. The molecule has 1 radical (unpaired) electrons. The van der Waals surface area contributed by atoms with E-state index < -0.39 is 0 Å². The zero-order chi connectivity index (χ0) is 4.04. The Kier molecular flexibility index (Phi) is 0.327. The SMILES string of the molecule is C1CC2(C1)C[N]2. The fraction of sp³-hybridized carbons (Fsp3) is 1.00. The molecule has 0 bridgehead atoms. The van der Waals surface area contributed by atoms with Gasteiger partial charge in [0.15, 0.2) is 0 Å². The maximum Gasteiger partial charge on any atom is 0.0498 e. The summed E-state index contributed by atoms with van der Waals surface area (Å²) in [4.78, 5) is 0. The lowest BCUT2D eigenvalue weighted by Gasteiger charge is -2.20. The predicted octanol–water partition coefficient (Wildman–Crippen LogP) is 0.527. The quantitative estimate of drug-likeness (QED) is 0.378. The third kappa shape index (κ3) is 0.207. The molecule has 1 nitrogen and oxygen atoms in total. The van der Waals surface area contributed by atoms with Crippen LogP contribution in [-0.4, -0.2) is 12.1 Å². The molecule has 2 aliphatic rings. The first-order valence-corrected chi connectivity index (χ1v) is 2.60. The lowest BCUT2D eigenvalue weighted by molar-refractivity contribution is 0.377. The highest BCUT2D eigenvalue weighted by Crippen LogP contribution is 2.40. The van der Waals surface area contributed by atoms with E-state index in [2.05, 4.69) is 5.32 Å². The minimum atomic E-state index is 0.597. The molecule has 0 atom stereocenters. The zero-order valence-electron chi connectivity index (χ0n) is 3.78. The van der Waals surface area contributed by atoms with Crippen LogP contribution in [0.15, 0.2) is 0 Å². The van der Waals surface area contributed by atoms with Gasteiger partial charge in [-0.05, 0) is 19.3 Å². The van der Waals surface area contributed by atoms with Gasteiger partial charge in [-0.15, -0.1) is 0 Å². The van der Waals surface area contributed by atoms with E-state index in [1.807, 2.05) is 0 Å². The number of hydrogen-bond donors (Lipinski definition) is 0. The van der Waals surface area contributed by atoms with Crippen LogP contribution in [0, 0.1) is 0 Å². The summed E-state index contributed by atoms with van der Waals surface area (Å²) in [5.41, 5.74) is 0.597. The van der Waals surface area contributed by atoms with E-state index in [1.54, 1.807) is 0 Å². The van der Waals surface area contributed by atoms with Crippen molar-refractivity contribution in [2.24, 2.45) is 0 Å². The molecule has 1 saturated heterocycles. The number of nitrogens with zero attached hydrogens (tertiary/aromatic N) is 1. The largest absolute Gasteiger partial charge is 0.232 e. The third-order valence-electron chi connectivity index (χ3n) is 1.89. The van der Waals surface area contributed by atoms with Crippen molar-refractivity contribution in [2.75, 3.05) is 6.54 Å². The summed E-state index contributed by atoms with van der Waals surface area (Å²) in [5, 5.41) is 4.24. The van der Waals surface area contributed by atoms with E-state index in [9.17, 15) is 0 Å². The van der Waals surface area contributed by atoms with Gasteiger partial charge in [0.25, 0.3) is 0 Å². The van der Waals surface area contributed by atoms with Crippen LogP contribution < -0.4 is 5.32 Å². The molecule has 1 saturated carbocycles. The van der Waals surface area contributed by atoms with Crippen molar-refractivity contribution in [1.29, 1.82) is 0 Å². The molecule has 6 heavy (non-hydrogen) atoms. The number of hydrogen-bond acceptors (Lipinski definition) is 0. The van der Waals surface area contributed by atoms with Gasteiger partial charge in [-0.25, -0.2) is 5.32 Å². The van der Waals surface area contributed by atoms with Gasteiger partial charge in [0.2, 0.25) is 0 Å². The van der Waals surface area contributed by atoms with Crippen molar-refractivity contribution >= 4 is 0 Å². The van der Waals surface area contributed by atoms with E-state index in [0.717, 1.165) is 0 Å². The molecule has 0 aromatic heterocycles. The Morgan fingerprint density at radius 1 is 1.33 bits per heavy atom. The molecule has 0 unspecified atom stereocenters. The molecule has 0 N–H and O–H groups in total. The van der Waals surface area contributed by atoms with Crippen LogP contribution in [-0.2, 0) is 0 Å². The van der Waals surface area contributed by atoms with Crippen LogP contribution >= 0.6 is 0 Å². The first-order valence-electron chi connectivity index (χ1n) is 2.60. The molecule has 0 amide bonds. The van der Waals surface area contributed by atoms with Crippen molar-refractivity contribution in [3.8, 4) is 0 Å². The summed E-state index contributed by atoms with van der Waals surface area (Å²) < 4.78 is 0. The van der Waals surface area contributed by atoms with Crippen molar-refractivity contribution < 1.29 is 0 Å². The Labute approximate surface area is 37.7 Å². The lowest BCUT2D eigenvalue weighted by atomic mass is 9.85. The Morgan fingerprint density at radius 3 is 2.00 bits per heavy atom. The van der Waals surface area contributed by atoms with Gasteiger partial charge in [-0.2, -0.15) is 0 Å². The molecule has 1 spiro atoms. The highest BCUT2D eigenvalue weighted by Gasteiger charge is 2.48. The fourth-order valence-electron chi connectivity index (χ4n) is 1.01. The van der Waals surface area contributed by atoms with Gasteiger partial charge in [0.05, 0.1) is 0 Å². The van der Waals surface area contributed by atoms with Gasteiger partial charge in [0.1, 0.15) is 0 Å². The predicted molar refractivity (Wildman–Crippen MR) is 23.6 cm³/mol. The number of rotatable bonds is 0. The maximum absolute atomic E-state index is 4.24. The summed E-state index contributed by atoms with van der Waals surface area (Å²) in [6, 6.07) is 0. The van der Waals surface area contributed by atoms with Crippen molar-refractivity contribution in [2.45, 2.75) is 24.8 Å². The lowest BCUT2D eigenvalue weighted by Crippen LogP contribution is -2.22. The van der Waals surface area contributed by atoms with Crippen LogP contribution in [0.1, 0.15) is 19.3 Å². The summed E-state index contributed by atoms with van der Waals surface area (Å²) in [6.07, 6.45) is 4.23. The Balaban J connectivity index is 2.09. The Bertz CT molecular complexity index is 68.0. The van der Waals surface area contributed by atoms with Crippen molar-refractivity contribution in [3.63, 3.8) is 0 Å². The summed E-state index contributed by atoms with van der Waals surface area (Å²) >= 11 is 0. The van der Waals surface area contributed by atoms with Gasteiger partial charge in [-0.3, -0.25) is 0 Å². The van der Waals surface area contributed by atoms with Crippen molar-refractivity contribution in [3.05, 3.63) is 0 Å². The molecule has 2 rings (SSSR count). The first-order chi connectivity index (χ1) is 2.91. The van der Waals surface area contributed by atoms with Crippen LogP contribution in [0.5, 0.6) is 0 Å². The van der Waals surface area contributed by atoms with Gasteiger partial charge >= 0.3 is 0 Å². The van der Waals surface area contributed by atoms with E-state index >= 15 is 0 Å². The molecule has 1 heterocycles. The summed E-state index contributed by atoms with van der Waals surface area (Å²) in [5.74, 6) is 0. The zero-order valence-corrected chi connectivity index (χ0v) is 3.78.